The van der Waals surface area contributed by atoms with Crippen molar-refractivity contribution in [3.63, 3.8) is 0 Å². The molecule has 1 aromatic heterocycles. The normalized spacial score (nSPS) is 10.0. The first kappa shape index (κ1) is 18.7. The van der Waals surface area contributed by atoms with E-state index in [1.807, 2.05) is 6.07 Å². The van der Waals surface area contributed by atoms with Gasteiger partial charge in [0, 0.05) is 11.8 Å². The lowest BCUT2D eigenvalue weighted by Crippen LogP contribution is -2.13. The SMILES string of the molecule is CCOc1cc(C#N)ccc1OC(=O)c1cccc(NC(=O)c2ccco2)c1. The lowest BCUT2D eigenvalue weighted by atomic mass is 10.2. The Hall–Kier alpha value is -4.05. The largest absolute Gasteiger partial charge is 0.490 e. The third-order valence-electron chi connectivity index (χ3n) is 3.68. The van der Waals surface area contributed by atoms with Crippen LogP contribution in [0.4, 0.5) is 5.69 Å². The standard InChI is InChI=1S/C21H16N2O5/c1-2-26-19-11-14(13-22)8-9-17(19)28-21(25)15-5-3-6-16(12-15)23-20(24)18-7-4-10-27-18/h3-12H,2H2,1H3,(H,23,24). The predicted octanol–water partition coefficient (Wildman–Crippen LogP) is 4.02. The molecule has 1 heterocycles. The highest BCUT2D eigenvalue weighted by molar-refractivity contribution is 6.03. The summed E-state index contributed by atoms with van der Waals surface area (Å²) >= 11 is 0. The second-order valence-electron chi connectivity index (χ2n) is 5.61. The van der Waals surface area contributed by atoms with Gasteiger partial charge in [-0.3, -0.25) is 4.79 Å². The van der Waals surface area contributed by atoms with Crippen LogP contribution in [0.15, 0.2) is 65.3 Å². The van der Waals surface area contributed by atoms with Crippen molar-refractivity contribution in [2.24, 2.45) is 0 Å². The number of benzene rings is 2. The highest BCUT2D eigenvalue weighted by Crippen LogP contribution is 2.29. The molecule has 0 atom stereocenters. The van der Waals surface area contributed by atoms with Crippen molar-refractivity contribution >= 4 is 17.6 Å². The van der Waals surface area contributed by atoms with Crippen molar-refractivity contribution < 1.29 is 23.5 Å². The summed E-state index contributed by atoms with van der Waals surface area (Å²) in [7, 11) is 0. The smallest absolute Gasteiger partial charge is 0.343 e. The molecule has 1 amide bonds. The molecule has 3 rings (SSSR count). The van der Waals surface area contributed by atoms with Gasteiger partial charge in [0.25, 0.3) is 5.91 Å². The molecule has 0 fully saturated rings. The number of carbonyl (C=O) groups is 2. The Bertz CT molecular complexity index is 1040. The van der Waals surface area contributed by atoms with Crippen LogP contribution in [-0.4, -0.2) is 18.5 Å². The molecule has 3 aromatic rings. The van der Waals surface area contributed by atoms with Crippen LogP contribution in [-0.2, 0) is 0 Å². The number of amides is 1. The van der Waals surface area contributed by atoms with Crippen molar-refractivity contribution in [1.82, 2.24) is 0 Å². The van der Waals surface area contributed by atoms with Gasteiger partial charge in [-0.15, -0.1) is 0 Å². The fraction of sp³-hybridized carbons (Fsp3) is 0.0952. The van der Waals surface area contributed by atoms with Gasteiger partial charge < -0.3 is 19.2 Å². The van der Waals surface area contributed by atoms with E-state index in [9.17, 15) is 9.59 Å². The van der Waals surface area contributed by atoms with Crippen molar-refractivity contribution in [1.29, 1.82) is 5.26 Å². The minimum atomic E-state index is -0.625. The maximum atomic E-state index is 12.5. The van der Waals surface area contributed by atoms with Crippen molar-refractivity contribution in [3.05, 3.63) is 77.7 Å². The van der Waals surface area contributed by atoms with Gasteiger partial charge >= 0.3 is 5.97 Å². The van der Waals surface area contributed by atoms with Gasteiger partial charge in [-0.05, 0) is 49.4 Å². The van der Waals surface area contributed by atoms with Crippen molar-refractivity contribution in [2.45, 2.75) is 6.92 Å². The number of rotatable bonds is 6. The van der Waals surface area contributed by atoms with Gasteiger partial charge in [0.05, 0.1) is 30.1 Å². The number of ether oxygens (including phenoxy) is 2. The molecule has 0 saturated carbocycles. The molecule has 0 radical (unpaired) electrons. The number of esters is 1. The molecule has 1 N–H and O–H groups in total. The zero-order valence-corrected chi connectivity index (χ0v) is 15.0. The van der Waals surface area contributed by atoms with Crippen molar-refractivity contribution in [3.8, 4) is 17.6 Å². The zero-order chi connectivity index (χ0) is 19.9. The minimum absolute atomic E-state index is 0.159. The van der Waals surface area contributed by atoms with Gasteiger partial charge in [0.15, 0.2) is 17.3 Å². The topological polar surface area (TPSA) is 102 Å². The second kappa shape index (κ2) is 8.56. The van der Waals surface area contributed by atoms with Crippen LogP contribution in [0.3, 0.4) is 0 Å². The number of furan rings is 1. The highest BCUT2D eigenvalue weighted by atomic mass is 16.6. The quantitative estimate of drug-likeness (QED) is 0.515. The Morgan fingerprint density at radius 1 is 1.11 bits per heavy atom. The number of carbonyl (C=O) groups excluding carboxylic acids is 2. The van der Waals surface area contributed by atoms with Crippen LogP contribution < -0.4 is 14.8 Å². The molecule has 0 aliphatic rings. The molecule has 7 nitrogen and oxygen atoms in total. The average Bonchev–Trinajstić information content (AvgIpc) is 3.24. The van der Waals surface area contributed by atoms with E-state index >= 15 is 0 Å². The Balaban J connectivity index is 1.76. The maximum absolute atomic E-state index is 12.5. The summed E-state index contributed by atoms with van der Waals surface area (Å²) in [5.41, 5.74) is 1.05. The molecule has 0 unspecified atom stereocenters. The molecule has 0 saturated heterocycles. The predicted molar refractivity (Wildman–Crippen MR) is 100 cm³/mol. The van der Waals surface area contributed by atoms with Crippen LogP contribution in [0.2, 0.25) is 0 Å². The summed E-state index contributed by atoms with van der Waals surface area (Å²) in [5.74, 6) is -0.388. The van der Waals surface area contributed by atoms with Gasteiger partial charge in [-0.1, -0.05) is 6.07 Å². The van der Waals surface area contributed by atoms with E-state index in [0.29, 0.717) is 23.6 Å². The first-order chi connectivity index (χ1) is 13.6. The van der Waals surface area contributed by atoms with Crippen LogP contribution >= 0.6 is 0 Å². The lowest BCUT2D eigenvalue weighted by Gasteiger charge is -2.11. The summed E-state index contributed by atoms with van der Waals surface area (Å²) in [4.78, 5) is 24.6. The third-order valence-corrected chi connectivity index (χ3v) is 3.68. The summed E-state index contributed by atoms with van der Waals surface area (Å²) in [6.45, 7) is 2.14. The minimum Gasteiger partial charge on any atom is -0.490 e. The first-order valence-corrected chi connectivity index (χ1v) is 8.44. The number of nitrogens with zero attached hydrogens (tertiary/aromatic N) is 1. The van der Waals surface area contributed by atoms with Gasteiger partial charge in [-0.25, -0.2) is 4.79 Å². The first-order valence-electron chi connectivity index (χ1n) is 8.44. The van der Waals surface area contributed by atoms with Crippen LogP contribution in [0.25, 0.3) is 0 Å². The molecule has 28 heavy (non-hydrogen) atoms. The van der Waals surface area contributed by atoms with E-state index in [1.165, 1.54) is 36.6 Å². The average molecular weight is 376 g/mol. The third kappa shape index (κ3) is 4.37. The molecule has 0 bridgehead atoms. The summed E-state index contributed by atoms with van der Waals surface area (Å²) in [5, 5.41) is 11.6. The van der Waals surface area contributed by atoms with E-state index in [-0.39, 0.29) is 17.1 Å². The van der Waals surface area contributed by atoms with E-state index in [2.05, 4.69) is 5.32 Å². The number of hydrogen-bond acceptors (Lipinski definition) is 6. The number of nitrogens with one attached hydrogen (secondary N) is 1. The molecule has 2 aromatic carbocycles. The van der Waals surface area contributed by atoms with Crippen molar-refractivity contribution in [2.75, 3.05) is 11.9 Å². The molecular formula is C21H16N2O5. The molecule has 0 aliphatic carbocycles. The summed E-state index contributed by atoms with van der Waals surface area (Å²) in [6.07, 6.45) is 1.40. The molecule has 7 heteroatoms. The number of anilines is 1. The maximum Gasteiger partial charge on any atom is 0.343 e. The number of nitriles is 1. The van der Waals surface area contributed by atoms with Crippen LogP contribution in [0, 0.1) is 11.3 Å². The van der Waals surface area contributed by atoms with Gasteiger partial charge in [-0.2, -0.15) is 5.26 Å². The molecule has 0 spiro atoms. The second-order valence-corrected chi connectivity index (χ2v) is 5.61. The lowest BCUT2D eigenvalue weighted by molar-refractivity contribution is 0.0728. The highest BCUT2D eigenvalue weighted by Gasteiger charge is 2.15. The molecule has 140 valence electrons. The molecule has 0 aliphatic heterocycles. The Labute approximate surface area is 161 Å². The van der Waals surface area contributed by atoms with Gasteiger partial charge in [0.1, 0.15) is 0 Å². The van der Waals surface area contributed by atoms with Gasteiger partial charge in [0.2, 0.25) is 0 Å². The monoisotopic (exact) mass is 376 g/mol. The fourth-order valence-corrected chi connectivity index (χ4v) is 2.41. The van der Waals surface area contributed by atoms with Crippen LogP contribution in [0.5, 0.6) is 11.5 Å². The van der Waals surface area contributed by atoms with Crippen LogP contribution in [0.1, 0.15) is 33.4 Å². The van der Waals surface area contributed by atoms with E-state index in [0.717, 1.165) is 0 Å². The number of hydrogen-bond donors (Lipinski definition) is 1. The van der Waals surface area contributed by atoms with E-state index < -0.39 is 11.9 Å². The van der Waals surface area contributed by atoms with E-state index in [1.54, 1.807) is 31.2 Å². The Morgan fingerprint density at radius 2 is 1.96 bits per heavy atom. The molecular weight excluding hydrogens is 360 g/mol. The zero-order valence-electron chi connectivity index (χ0n) is 15.0. The Kier molecular flexibility index (Phi) is 5.72. The summed E-state index contributed by atoms with van der Waals surface area (Å²) < 4.78 is 15.9. The Morgan fingerprint density at radius 3 is 2.68 bits per heavy atom. The van der Waals surface area contributed by atoms with E-state index in [4.69, 9.17) is 19.2 Å². The fourth-order valence-electron chi connectivity index (χ4n) is 2.41. The summed E-state index contributed by atoms with van der Waals surface area (Å²) in [6, 6.07) is 16.0.